The van der Waals surface area contributed by atoms with Crippen LogP contribution in [0.2, 0.25) is 0 Å². The number of nitrogens with zero attached hydrogens (tertiary/aromatic N) is 2. The van der Waals surface area contributed by atoms with Crippen LogP contribution in [-0.4, -0.2) is 23.4 Å². The summed E-state index contributed by atoms with van der Waals surface area (Å²) in [5.41, 5.74) is 4.16. The molecule has 0 saturated carbocycles. The third-order valence-electron chi connectivity index (χ3n) is 4.41. The second-order valence-electron chi connectivity index (χ2n) is 5.73. The molecule has 0 aliphatic heterocycles. The third kappa shape index (κ3) is 3.10. The Bertz CT molecular complexity index is 606. The number of aryl methyl sites for hydroxylation is 2. The van der Waals surface area contributed by atoms with Crippen LogP contribution in [0.5, 0.6) is 5.75 Å². The van der Waals surface area contributed by atoms with Crippen LogP contribution in [0.1, 0.15) is 35.6 Å². The second kappa shape index (κ2) is 6.31. The highest BCUT2D eigenvalue weighted by atomic mass is 16.5. The van der Waals surface area contributed by atoms with E-state index in [1.54, 1.807) is 7.11 Å². The van der Waals surface area contributed by atoms with Gasteiger partial charge in [-0.05, 0) is 54.5 Å². The zero-order valence-corrected chi connectivity index (χ0v) is 12.8. The fraction of sp³-hybridized carbons (Fsp3) is 0.471. The fourth-order valence-electron chi connectivity index (χ4n) is 3.18. The van der Waals surface area contributed by atoms with Crippen LogP contribution < -0.4 is 10.1 Å². The molecule has 4 nitrogen and oxygen atoms in total. The Kier molecular flexibility index (Phi) is 4.25. The number of ether oxygens (including phenoxy) is 1. The molecule has 0 fully saturated rings. The zero-order chi connectivity index (χ0) is 14.7. The number of hydrogen-bond donors (Lipinski definition) is 1. The summed E-state index contributed by atoms with van der Waals surface area (Å²) in [7, 11) is 3.72. The van der Waals surface area contributed by atoms with E-state index in [4.69, 9.17) is 4.74 Å². The highest BCUT2D eigenvalue weighted by Gasteiger charge is 2.20. The van der Waals surface area contributed by atoms with Crippen molar-refractivity contribution in [2.75, 3.05) is 13.7 Å². The predicted molar refractivity (Wildman–Crippen MR) is 83.6 cm³/mol. The molecular formula is C17H23N3O. The molecule has 0 amide bonds. The van der Waals surface area contributed by atoms with Crippen LogP contribution in [0, 0.1) is 0 Å². The van der Waals surface area contributed by atoms with Gasteiger partial charge in [0.15, 0.2) is 0 Å². The van der Waals surface area contributed by atoms with Gasteiger partial charge in [-0.2, -0.15) is 5.10 Å². The van der Waals surface area contributed by atoms with Crippen LogP contribution in [0.4, 0.5) is 0 Å². The lowest BCUT2D eigenvalue weighted by Crippen LogP contribution is -2.25. The Morgan fingerprint density at radius 2 is 2.29 bits per heavy atom. The van der Waals surface area contributed by atoms with E-state index < -0.39 is 0 Å². The first-order chi connectivity index (χ1) is 10.3. The molecule has 0 radical (unpaired) electrons. The van der Waals surface area contributed by atoms with Gasteiger partial charge in [-0.15, -0.1) is 0 Å². The first-order valence-corrected chi connectivity index (χ1v) is 7.62. The molecule has 1 heterocycles. The molecule has 21 heavy (non-hydrogen) atoms. The molecule has 0 unspecified atom stereocenters. The van der Waals surface area contributed by atoms with E-state index in [1.165, 1.54) is 36.1 Å². The highest BCUT2D eigenvalue weighted by Crippen LogP contribution is 2.33. The van der Waals surface area contributed by atoms with E-state index in [9.17, 15) is 0 Å². The molecule has 1 N–H and O–H groups in total. The third-order valence-corrected chi connectivity index (χ3v) is 4.41. The van der Waals surface area contributed by atoms with Gasteiger partial charge < -0.3 is 10.1 Å². The lowest BCUT2D eigenvalue weighted by atomic mass is 9.82. The van der Waals surface area contributed by atoms with Crippen LogP contribution in [0.15, 0.2) is 30.5 Å². The van der Waals surface area contributed by atoms with Crippen molar-refractivity contribution in [1.29, 1.82) is 0 Å². The van der Waals surface area contributed by atoms with Crippen LogP contribution in [-0.2, 0) is 20.0 Å². The zero-order valence-electron chi connectivity index (χ0n) is 12.8. The van der Waals surface area contributed by atoms with E-state index in [-0.39, 0.29) is 0 Å². The minimum atomic E-state index is 0.605. The molecule has 1 aliphatic carbocycles. The second-order valence-corrected chi connectivity index (χ2v) is 5.73. The Labute approximate surface area is 126 Å². The molecule has 3 rings (SSSR count). The lowest BCUT2D eigenvalue weighted by Gasteiger charge is -2.26. The minimum absolute atomic E-state index is 0.605. The van der Waals surface area contributed by atoms with Crippen molar-refractivity contribution in [3.63, 3.8) is 0 Å². The van der Waals surface area contributed by atoms with Crippen LogP contribution in [0.25, 0.3) is 0 Å². The molecule has 1 aliphatic rings. The molecule has 112 valence electrons. The Balaban J connectivity index is 1.64. The van der Waals surface area contributed by atoms with E-state index in [0.717, 1.165) is 18.8 Å². The largest absolute Gasteiger partial charge is 0.497 e. The van der Waals surface area contributed by atoms with Gasteiger partial charge in [0, 0.05) is 26.3 Å². The van der Waals surface area contributed by atoms with Gasteiger partial charge in [-0.3, -0.25) is 4.68 Å². The maximum absolute atomic E-state index is 5.33. The number of rotatable bonds is 5. The smallest absolute Gasteiger partial charge is 0.119 e. The number of nitrogens with one attached hydrogen (secondary N) is 1. The molecule has 0 saturated heterocycles. The average molecular weight is 285 g/mol. The monoisotopic (exact) mass is 285 g/mol. The number of methoxy groups -OCH3 is 1. The van der Waals surface area contributed by atoms with Crippen molar-refractivity contribution in [3.8, 4) is 5.75 Å². The standard InChI is InChI=1S/C17H23N3O/c1-20-15(8-9-19-20)12-18-11-14-5-3-4-13-10-16(21-2)6-7-17(13)14/h6-10,14,18H,3-5,11-12H2,1-2H3/t14-/m0/s1. The van der Waals surface area contributed by atoms with E-state index in [0.29, 0.717) is 5.92 Å². The Hall–Kier alpha value is -1.81. The summed E-state index contributed by atoms with van der Waals surface area (Å²) < 4.78 is 7.26. The van der Waals surface area contributed by atoms with Crippen molar-refractivity contribution in [2.45, 2.75) is 31.7 Å². The number of aromatic nitrogens is 2. The fourth-order valence-corrected chi connectivity index (χ4v) is 3.18. The van der Waals surface area contributed by atoms with Gasteiger partial charge in [0.05, 0.1) is 12.8 Å². The highest BCUT2D eigenvalue weighted by molar-refractivity contribution is 5.39. The van der Waals surface area contributed by atoms with Crippen LogP contribution in [0.3, 0.4) is 0 Å². The van der Waals surface area contributed by atoms with Gasteiger partial charge in [0.25, 0.3) is 0 Å². The minimum Gasteiger partial charge on any atom is -0.497 e. The molecule has 1 aromatic heterocycles. The first-order valence-electron chi connectivity index (χ1n) is 7.62. The van der Waals surface area contributed by atoms with Gasteiger partial charge in [0.1, 0.15) is 5.75 Å². The Morgan fingerprint density at radius 3 is 3.05 bits per heavy atom. The normalized spacial score (nSPS) is 17.5. The summed E-state index contributed by atoms with van der Waals surface area (Å²) in [4.78, 5) is 0. The van der Waals surface area contributed by atoms with Crippen molar-refractivity contribution in [1.82, 2.24) is 15.1 Å². The van der Waals surface area contributed by atoms with Gasteiger partial charge in [-0.25, -0.2) is 0 Å². The van der Waals surface area contributed by atoms with E-state index >= 15 is 0 Å². The summed E-state index contributed by atoms with van der Waals surface area (Å²) in [6, 6.07) is 8.58. The van der Waals surface area contributed by atoms with Crippen molar-refractivity contribution < 1.29 is 4.74 Å². The summed E-state index contributed by atoms with van der Waals surface area (Å²) in [6.07, 6.45) is 5.54. The van der Waals surface area contributed by atoms with Crippen LogP contribution >= 0.6 is 0 Å². The summed E-state index contributed by atoms with van der Waals surface area (Å²) in [5, 5.41) is 7.78. The van der Waals surface area contributed by atoms with Gasteiger partial charge in [0.2, 0.25) is 0 Å². The Morgan fingerprint density at radius 1 is 1.38 bits per heavy atom. The summed E-state index contributed by atoms with van der Waals surface area (Å²) in [6.45, 7) is 1.89. The topological polar surface area (TPSA) is 39.1 Å². The van der Waals surface area contributed by atoms with E-state index in [2.05, 4.69) is 34.7 Å². The summed E-state index contributed by atoms with van der Waals surface area (Å²) >= 11 is 0. The molecule has 0 bridgehead atoms. The predicted octanol–water partition coefficient (Wildman–Crippen LogP) is 2.64. The lowest BCUT2D eigenvalue weighted by molar-refractivity contribution is 0.412. The number of fused-ring (bicyclic) bond motifs is 1. The van der Waals surface area contributed by atoms with Gasteiger partial charge in [-0.1, -0.05) is 6.07 Å². The maximum atomic E-state index is 5.33. The number of benzene rings is 1. The molecule has 1 atom stereocenters. The maximum Gasteiger partial charge on any atom is 0.119 e. The quantitative estimate of drug-likeness (QED) is 0.918. The molecule has 1 aromatic carbocycles. The molecule has 4 heteroatoms. The average Bonchev–Trinajstić information content (AvgIpc) is 2.92. The van der Waals surface area contributed by atoms with Crippen molar-refractivity contribution >= 4 is 0 Å². The van der Waals surface area contributed by atoms with Crippen molar-refractivity contribution in [2.24, 2.45) is 7.05 Å². The molecule has 0 spiro atoms. The molecule has 2 aromatic rings. The van der Waals surface area contributed by atoms with E-state index in [1.807, 2.05) is 17.9 Å². The SMILES string of the molecule is COc1ccc2c(c1)CCC[C@H]2CNCc1ccnn1C. The van der Waals surface area contributed by atoms with Gasteiger partial charge >= 0.3 is 0 Å². The molecular weight excluding hydrogens is 262 g/mol. The summed E-state index contributed by atoms with van der Waals surface area (Å²) in [5.74, 6) is 1.57. The number of hydrogen-bond acceptors (Lipinski definition) is 3. The first kappa shape index (κ1) is 14.1. The van der Waals surface area contributed by atoms with Crippen molar-refractivity contribution in [3.05, 3.63) is 47.3 Å².